The number of benzene rings is 3. The monoisotopic (exact) mass is 501 g/mol. The van der Waals surface area contributed by atoms with E-state index in [4.69, 9.17) is 44.9 Å². The smallest absolute Gasteiger partial charge is 0.270 e. The van der Waals surface area contributed by atoms with E-state index in [9.17, 15) is 4.79 Å². The fourth-order valence-electron chi connectivity index (χ4n) is 3.14. The molecule has 0 aliphatic carbocycles. The van der Waals surface area contributed by atoms with Gasteiger partial charge in [-0.15, -0.1) is 0 Å². The van der Waals surface area contributed by atoms with E-state index >= 15 is 0 Å². The topological polar surface area (TPSA) is 38.8 Å². The molecule has 1 saturated heterocycles. The number of anilines is 1. The zero-order valence-corrected chi connectivity index (χ0v) is 20.0. The second kappa shape index (κ2) is 9.96. The van der Waals surface area contributed by atoms with E-state index in [0.29, 0.717) is 43.1 Å². The standard InChI is InChI=1S/C24H17Cl2NO3S2/c1-29-21-8-3-2-7-20(21)27-23(28)22(32-24(27)31)12-15-5-4-6-18(11-15)30-14-16-9-10-17(25)13-19(16)26/h2-13H,14H2,1H3/b22-12+. The summed E-state index contributed by atoms with van der Waals surface area (Å²) in [5.74, 6) is 1.05. The molecule has 1 aliphatic rings. The van der Waals surface area contributed by atoms with E-state index in [-0.39, 0.29) is 5.91 Å². The molecule has 1 aliphatic heterocycles. The van der Waals surface area contributed by atoms with Gasteiger partial charge < -0.3 is 9.47 Å². The number of nitrogens with zero attached hydrogens (tertiary/aromatic N) is 1. The number of rotatable bonds is 6. The van der Waals surface area contributed by atoms with Gasteiger partial charge in [0.25, 0.3) is 5.91 Å². The molecule has 0 atom stereocenters. The summed E-state index contributed by atoms with van der Waals surface area (Å²) < 4.78 is 11.7. The molecule has 0 bridgehead atoms. The lowest BCUT2D eigenvalue weighted by atomic mass is 10.2. The average molecular weight is 502 g/mol. The van der Waals surface area contributed by atoms with Crippen molar-refractivity contribution in [1.82, 2.24) is 0 Å². The summed E-state index contributed by atoms with van der Waals surface area (Å²) in [7, 11) is 1.56. The minimum Gasteiger partial charge on any atom is -0.495 e. The van der Waals surface area contributed by atoms with Gasteiger partial charge in [0, 0.05) is 15.6 Å². The number of amides is 1. The minimum atomic E-state index is -0.191. The molecule has 4 nitrogen and oxygen atoms in total. The predicted molar refractivity (Wildman–Crippen MR) is 136 cm³/mol. The summed E-state index contributed by atoms with van der Waals surface area (Å²) >= 11 is 18.9. The van der Waals surface area contributed by atoms with Crippen LogP contribution in [0, 0.1) is 0 Å². The summed E-state index contributed by atoms with van der Waals surface area (Å²) in [6.45, 7) is 0.301. The highest BCUT2D eigenvalue weighted by molar-refractivity contribution is 8.27. The summed E-state index contributed by atoms with van der Waals surface area (Å²) in [6, 6.07) is 20.1. The van der Waals surface area contributed by atoms with Crippen LogP contribution < -0.4 is 14.4 Å². The maximum atomic E-state index is 13.1. The highest BCUT2D eigenvalue weighted by Crippen LogP contribution is 2.39. The summed E-state index contributed by atoms with van der Waals surface area (Å²) in [5.41, 5.74) is 2.28. The van der Waals surface area contributed by atoms with Crippen LogP contribution in [-0.2, 0) is 11.4 Å². The maximum absolute atomic E-state index is 13.1. The Morgan fingerprint density at radius 1 is 1.06 bits per heavy atom. The average Bonchev–Trinajstić information content (AvgIpc) is 3.06. The predicted octanol–water partition coefficient (Wildman–Crippen LogP) is 6.99. The normalized spacial score (nSPS) is 14.8. The molecule has 8 heteroatoms. The van der Waals surface area contributed by atoms with Crippen LogP contribution >= 0.6 is 47.2 Å². The molecule has 4 rings (SSSR count). The zero-order valence-electron chi connectivity index (χ0n) is 16.9. The van der Waals surface area contributed by atoms with Crippen LogP contribution in [0.3, 0.4) is 0 Å². The Kier molecular flexibility index (Phi) is 7.06. The molecular formula is C24H17Cl2NO3S2. The van der Waals surface area contributed by atoms with Crippen molar-refractivity contribution in [3.8, 4) is 11.5 Å². The van der Waals surface area contributed by atoms with Crippen LogP contribution in [0.4, 0.5) is 5.69 Å². The number of carbonyl (C=O) groups excluding carboxylic acids is 1. The lowest BCUT2D eigenvalue weighted by Gasteiger charge is -2.17. The molecule has 3 aromatic rings. The SMILES string of the molecule is COc1ccccc1N1C(=O)/C(=C\c2cccc(OCc3ccc(Cl)cc3Cl)c2)SC1=S. The molecule has 0 unspecified atom stereocenters. The van der Waals surface area contributed by atoms with Crippen molar-refractivity contribution >= 4 is 69.2 Å². The van der Waals surface area contributed by atoms with E-state index in [0.717, 1.165) is 11.1 Å². The molecule has 162 valence electrons. The van der Waals surface area contributed by atoms with Crippen LogP contribution in [0.15, 0.2) is 71.6 Å². The highest BCUT2D eigenvalue weighted by Gasteiger charge is 2.34. The highest BCUT2D eigenvalue weighted by atomic mass is 35.5. The van der Waals surface area contributed by atoms with Crippen LogP contribution in [0.5, 0.6) is 11.5 Å². The molecule has 0 saturated carbocycles. The molecule has 1 heterocycles. The van der Waals surface area contributed by atoms with Gasteiger partial charge in [-0.1, -0.05) is 77.5 Å². The first-order chi connectivity index (χ1) is 15.5. The Morgan fingerprint density at radius 2 is 1.88 bits per heavy atom. The third kappa shape index (κ3) is 4.94. The molecule has 1 fully saturated rings. The molecule has 3 aromatic carbocycles. The number of carbonyl (C=O) groups is 1. The molecule has 1 amide bonds. The van der Waals surface area contributed by atoms with E-state index in [1.54, 1.807) is 31.4 Å². The number of halogens is 2. The summed E-state index contributed by atoms with van der Waals surface area (Å²) in [5, 5.41) is 1.12. The fourth-order valence-corrected chi connectivity index (χ4v) is 4.88. The third-order valence-corrected chi connectivity index (χ3v) is 6.57. The van der Waals surface area contributed by atoms with Crippen molar-refractivity contribution in [1.29, 1.82) is 0 Å². The molecule has 0 spiro atoms. The number of para-hydroxylation sites is 2. The minimum absolute atomic E-state index is 0.191. The van der Waals surface area contributed by atoms with Crippen molar-refractivity contribution in [2.45, 2.75) is 6.61 Å². The number of hydrogen-bond donors (Lipinski definition) is 0. The van der Waals surface area contributed by atoms with Gasteiger partial charge in [0.05, 0.1) is 17.7 Å². The van der Waals surface area contributed by atoms with Gasteiger partial charge in [-0.05, 0) is 48.0 Å². The molecule has 0 N–H and O–H groups in total. The Bertz CT molecular complexity index is 1230. The number of methoxy groups -OCH3 is 1. The van der Waals surface area contributed by atoms with Crippen molar-refractivity contribution < 1.29 is 14.3 Å². The first-order valence-corrected chi connectivity index (χ1v) is 11.5. The first kappa shape index (κ1) is 22.7. The van der Waals surface area contributed by atoms with Crippen molar-refractivity contribution in [3.63, 3.8) is 0 Å². The van der Waals surface area contributed by atoms with Crippen molar-refractivity contribution in [2.75, 3.05) is 12.0 Å². The Hall–Kier alpha value is -2.51. The number of ether oxygens (including phenoxy) is 2. The Morgan fingerprint density at radius 3 is 2.66 bits per heavy atom. The number of hydrogen-bond acceptors (Lipinski definition) is 5. The molecular weight excluding hydrogens is 485 g/mol. The van der Waals surface area contributed by atoms with Crippen LogP contribution in [0.2, 0.25) is 10.0 Å². The second-order valence-electron chi connectivity index (χ2n) is 6.79. The van der Waals surface area contributed by atoms with Crippen LogP contribution in [0.25, 0.3) is 6.08 Å². The largest absolute Gasteiger partial charge is 0.495 e. The Balaban J connectivity index is 1.53. The molecule has 32 heavy (non-hydrogen) atoms. The van der Waals surface area contributed by atoms with Gasteiger partial charge in [0.1, 0.15) is 18.1 Å². The van der Waals surface area contributed by atoms with Crippen molar-refractivity contribution in [2.24, 2.45) is 0 Å². The summed E-state index contributed by atoms with van der Waals surface area (Å²) in [6.07, 6.45) is 1.80. The van der Waals surface area contributed by atoms with Crippen LogP contribution in [0.1, 0.15) is 11.1 Å². The lowest BCUT2D eigenvalue weighted by Crippen LogP contribution is -2.27. The zero-order chi connectivity index (χ0) is 22.7. The van der Waals surface area contributed by atoms with Gasteiger partial charge in [0.15, 0.2) is 4.32 Å². The quantitative estimate of drug-likeness (QED) is 0.269. The van der Waals surface area contributed by atoms with E-state index in [1.807, 2.05) is 48.5 Å². The van der Waals surface area contributed by atoms with Gasteiger partial charge >= 0.3 is 0 Å². The number of thioether (sulfide) groups is 1. The lowest BCUT2D eigenvalue weighted by molar-refractivity contribution is -0.113. The van der Waals surface area contributed by atoms with Gasteiger partial charge in [-0.2, -0.15) is 0 Å². The van der Waals surface area contributed by atoms with Crippen LogP contribution in [-0.4, -0.2) is 17.3 Å². The molecule has 0 aromatic heterocycles. The summed E-state index contributed by atoms with van der Waals surface area (Å²) in [4.78, 5) is 15.1. The Labute approximate surface area is 205 Å². The van der Waals surface area contributed by atoms with E-state index in [2.05, 4.69) is 0 Å². The number of thiocarbonyl (C=S) groups is 1. The van der Waals surface area contributed by atoms with Crippen molar-refractivity contribution in [3.05, 3.63) is 92.8 Å². The van der Waals surface area contributed by atoms with E-state index in [1.165, 1.54) is 16.7 Å². The molecule has 0 radical (unpaired) electrons. The fraction of sp³-hybridized carbons (Fsp3) is 0.0833. The first-order valence-electron chi connectivity index (χ1n) is 9.54. The second-order valence-corrected chi connectivity index (χ2v) is 9.31. The van der Waals surface area contributed by atoms with Gasteiger partial charge in [0.2, 0.25) is 0 Å². The van der Waals surface area contributed by atoms with Gasteiger partial charge in [-0.25, -0.2) is 0 Å². The maximum Gasteiger partial charge on any atom is 0.270 e. The van der Waals surface area contributed by atoms with Gasteiger partial charge in [-0.3, -0.25) is 9.69 Å². The third-order valence-electron chi connectivity index (χ3n) is 4.69. The van der Waals surface area contributed by atoms with E-state index < -0.39 is 0 Å².